The van der Waals surface area contributed by atoms with Gasteiger partial charge in [0.2, 0.25) is 0 Å². The van der Waals surface area contributed by atoms with Crippen LogP contribution in [0.25, 0.3) is 6.08 Å². The highest BCUT2D eigenvalue weighted by molar-refractivity contribution is 5.69. The van der Waals surface area contributed by atoms with Crippen LogP contribution in [0.3, 0.4) is 0 Å². The summed E-state index contributed by atoms with van der Waals surface area (Å²) in [6.45, 7) is 2.42. The average Bonchev–Trinajstić information content (AvgIpc) is 2.54. The minimum Gasteiger partial charge on any atom is -0.417 e. The summed E-state index contributed by atoms with van der Waals surface area (Å²) >= 11 is 0. The number of hydrogen-bond donors (Lipinski definition) is 0. The zero-order valence-corrected chi connectivity index (χ0v) is 13.5. The predicted molar refractivity (Wildman–Crippen MR) is 88.8 cm³/mol. The second-order valence-electron chi connectivity index (χ2n) is 4.95. The van der Waals surface area contributed by atoms with Gasteiger partial charge in [-0.15, -0.1) is 0 Å². The van der Waals surface area contributed by atoms with E-state index in [0.29, 0.717) is 5.75 Å². The molecule has 0 aliphatic carbocycles. The SMILES string of the molecule is CC(=O)OC(C=Cc1ccccc1)(OC(C)=O)Oc1ccccc1. The zero-order valence-electron chi connectivity index (χ0n) is 13.5. The lowest BCUT2D eigenvalue weighted by Crippen LogP contribution is -2.43. The van der Waals surface area contributed by atoms with Gasteiger partial charge in [0.25, 0.3) is 0 Å². The maximum atomic E-state index is 11.5. The summed E-state index contributed by atoms with van der Waals surface area (Å²) < 4.78 is 16.0. The van der Waals surface area contributed by atoms with Crippen LogP contribution in [0.5, 0.6) is 5.75 Å². The molecule has 2 aromatic rings. The van der Waals surface area contributed by atoms with Gasteiger partial charge < -0.3 is 14.2 Å². The number of rotatable bonds is 6. The molecule has 0 N–H and O–H groups in total. The second kappa shape index (κ2) is 7.97. The molecule has 0 heterocycles. The van der Waals surface area contributed by atoms with E-state index in [0.717, 1.165) is 5.56 Å². The Morgan fingerprint density at radius 3 is 1.83 bits per heavy atom. The third kappa shape index (κ3) is 5.28. The monoisotopic (exact) mass is 326 g/mol. The zero-order chi connectivity index (χ0) is 17.4. The fraction of sp³-hybridized carbons (Fsp3) is 0.158. The van der Waals surface area contributed by atoms with Crippen molar-refractivity contribution in [1.82, 2.24) is 0 Å². The minimum absolute atomic E-state index is 0.387. The first kappa shape index (κ1) is 17.3. The summed E-state index contributed by atoms with van der Waals surface area (Å²) in [6.07, 6.45) is 3.03. The van der Waals surface area contributed by atoms with Crippen molar-refractivity contribution in [3.8, 4) is 5.75 Å². The van der Waals surface area contributed by atoms with Crippen LogP contribution in [0.1, 0.15) is 19.4 Å². The molecule has 0 spiro atoms. The Hall–Kier alpha value is -3.08. The van der Waals surface area contributed by atoms with E-state index in [4.69, 9.17) is 14.2 Å². The lowest BCUT2D eigenvalue weighted by Gasteiger charge is -2.28. The third-order valence-electron chi connectivity index (χ3n) is 2.85. The molecule has 0 saturated carbocycles. The maximum absolute atomic E-state index is 11.5. The maximum Gasteiger partial charge on any atom is 0.444 e. The highest BCUT2D eigenvalue weighted by Crippen LogP contribution is 2.24. The molecule has 0 bridgehead atoms. The summed E-state index contributed by atoms with van der Waals surface area (Å²) in [5, 5.41) is 0. The molecule has 0 aromatic heterocycles. The molecule has 2 aromatic carbocycles. The molecule has 0 fully saturated rings. The number of carbonyl (C=O) groups is 2. The molecule has 5 nitrogen and oxygen atoms in total. The normalized spacial score (nSPS) is 11.1. The largest absolute Gasteiger partial charge is 0.444 e. The molecular weight excluding hydrogens is 308 g/mol. The topological polar surface area (TPSA) is 61.8 Å². The van der Waals surface area contributed by atoms with E-state index < -0.39 is 17.9 Å². The number of benzene rings is 2. The molecule has 0 unspecified atom stereocenters. The summed E-state index contributed by atoms with van der Waals surface area (Å²) in [6, 6.07) is 17.9. The molecule has 124 valence electrons. The number of ether oxygens (including phenoxy) is 3. The summed E-state index contributed by atoms with van der Waals surface area (Å²) in [7, 11) is 0. The van der Waals surface area contributed by atoms with Gasteiger partial charge in [-0.3, -0.25) is 9.59 Å². The molecule has 0 radical (unpaired) electrons. The smallest absolute Gasteiger partial charge is 0.417 e. The van der Waals surface area contributed by atoms with Gasteiger partial charge in [-0.1, -0.05) is 48.5 Å². The van der Waals surface area contributed by atoms with Crippen molar-refractivity contribution in [2.45, 2.75) is 19.8 Å². The molecule has 0 saturated heterocycles. The fourth-order valence-electron chi connectivity index (χ4n) is 1.98. The van der Waals surface area contributed by atoms with E-state index in [1.807, 2.05) is 36.4 Å². The van der Waals surface area contributed by atoms with Gasteiger partial charge in [-0.05, 0) is 23.8 Å². The lowest BCUT2D eigenvalue weighted by atomic mass is 10.2. The van der Waals surface area contributed by atoms with E-state index in [1.54, 1.807) is 30.3 Å². The van der Waals surface area contributed by atoms with E-state index >= 15 is 0 Å². The number of carbonyl (C=O) groups excluding carboxylic acids is 2. The van der Waals surface area contributed by atoms with Crippen molar-refractivity contribution >= 4 is 18.0 Å². The Morgan fingerprint density at radius 1 is 0.833 bits per heavy atom. The van der Waals surface area contributed by atoms with Crippen LogP contribution in [-0.2, 0) is 19.1 Å². The van der Waals surface area contributed by atoms with Gasteiger partial charge in [0.05, 0.1) is 0 Å². The molecule has 0 aliphatic heterocycles. The van der Waals surface area contributed by atoms with Crippen LogP contribution in [0.4, 0.5) is 0 Å². The quantitative estimate of drug-likeness (QED) is 0.600. The van der Waals surface area contributed by atoms with Gasteiger partial charge in [0, 0.05) is 19.9 Å². The van der Waals surface area contributed by atoms with Crippen molar-refractivity contribution in [1.29, 1.82) is 0 Å². The van der Waals surface area contributed by atoms with Crippen LogP contribution < -0.4 is 4.74 Å². The highest BCUT2D eigenvalue weighted by atomic mass is 16.9. The Labute approximate surface area is 140 Å². The van der Waals surface area contributed by atoms with Crippen molar-refractivity contribution in [2.75, 3.05) is 0 Å². The van der Waals surface area contributed by atoms with Gasteiger partial charge in [-0.2, -0.15) is 0 Å². The molecule has 2 rings (SSSR count). The van der Waals surface area contributed by atoms with E-state index in [-0.39, 0.29) is 0 Å². The molecule has 0 aliphatic rings. The Bertz CT molecular complexity index is 691. The first-order valence-corrected chi connectivity index (χ1v) is 7.37. The van der Waals surface area contributed by atoms with Gasteiger partial charge in [0.1, 0.15) is 5.75 Å². The summed E-state index contributed by atoms with van der Waals surface area (Å²) in [5.74, 6) is -2.89. The average molecular weight is 326 g/mol. The van der Waals surface area contributed by atoms with E-state index in [9.17, 15) is 9.59 Å². The van der Waals surface area contributed by atoms with Gasteiger partial charge in [0.15, 0.2) is 0 Å². The predicted octanol–water partition coefficient (Wildman–Crippen LogP) is 3.56. The van der Waals surface area contributed by atoms with Crippen LogP contribution in [0.2, 0.25) is 0 Å². The van der Waals surface area contributed by atoms with Gasteiger partial charge >= 0.3 is 17.9 Å². The Kier molecular flexibility index (Phi) is 5.73. The van der Waals surface area contributed by atoms with Crippen LogP contribution in [0, 0.1) is 0 Å². The first-order valence-electron chi connectivity index (χ1n) is 7.37. The van der Waals surface area contributed by atoms with Crippen LogP contribution >= 0.6 is 0 Å². The Morgan fingerprint density at radius 2 is 1.33 bits per heavy atom. The summed E-state index contributed by atoms with van der Waals surface area (Å²) in [4.78, 5) is 23.0. The summed E-state index contributed by atoms with van der Waals surface area (Å²) in [5.41, 5.74) is 0.831. The van der Waals surface area contributed by atoms with Crippen molar-refractivity contribution in [3.63, 3.8) is 0 Å². The number of esters is 2. The minimum atomic E-state index is -1.98. The molecule has 0 atom stereocenters. The Balaban J connectivity index is 2.38. The van der Waals surface area contributed by atoms with Crippen molar-refractivity contribution < 1.29 is 23.8 Å². The van der Waals surface area contributed by atoms with Gasteiger partial charge in [-0.25, -0.2) is 0 Å². The number of hydrogen-bond acceptors (Lipinski definition) is 5. The molecular formula is C19H18O5. The fourth-order valence-corrected chi connectivity index (χ4v) is 1.98. The van der Waals surface area contributed by atoms with E-state index in [2.05, 4.69) is 0 Å². The second-order valence-corrected chi connectivity index (χ2v) is 4.95. The van der Waals surface area contributed by atoms with Crippen LogP contribution in [-0.4, -0.2) is 17.9 Å². The molecule has 5 heteroatoms. The highest BCUT2D eigenvalue weighted by Gasteiger charge is 2.38. The first-order chi connectivity index (χ1) is 11.5. The molecule has 24 heavy (non-hydrogen) atoms. The van der Waals surface area contributed by atoms with Crippen molar-refractivity contribution in [2.24, 2.45) is 0 Å². The molecule has 0 amide bonds. The number of para-hydroxylation sites is 1. The third-order valence-corrected chi connectivity index (χ3v) is 2.85. The van der Waals surface area contributed by atoms with E-state index in [1.165, 1.54) is 19.9 Å². The standard InChI is InChI=1S/C19H18O5/c1-15(20)22-19(23-16(2)21,24-18-11-7-4-8-12-18)14-13-17-9-5-3-6-10-17/h3-14H,1-2H3. The van der Waals surface area contributed by atoms with Crippen molar-refractivity contribution in [3.05, 3.63) is 72.3 Å². The van der Waals surface area contributed by atoms with Crippen LogP contribution in [0.15, 0.2) is 66.7 Å². The lowest BCUT2D eigenvalue weighted by molar-refractivity contribution is -0.279.